The van der Waals surface area contributed by atoms with Crippen LogP contribution in [0.3, 0.4) is 0 Å². The average Bonchev–Trinajstić information content (AvgIpc) is 2.72. The molecule has 0 radical (unpaired) electrons. The van der Waals surface area contributed by atoms with E-state index in [1.807, 2.05) is 18.2 Å². The maximum Gasteiger partial charge on any atom is 0.271 e. The largest absolute Gasteiger partial charge is 0.495 e. The van der Waals surface area contributed by atoms with Crippen LogP contribution in [0.25, 0.3) is 0 Å². The lowest BCUT2D eigenvalue weighted by atomic mass is 9.91. The highest BCUT2D eigenvalue weighted by molar-refractivity contribution is 7.89. The van der Waals surface area contributed by atoms with E-state index in [2.05, 4.69) is 12.1 Å². The highest BCUT2D eigenvalue weighted by Crippen LogP contribution is 2.33. The van der Waals surface area contributed by atoms with Gasteiger partial charge in [-0.1, -0.05) is 30.3 Å². The maximum absolute atomic E-state index is 13.1. The van der Waals surface area contributed by atoms with Crippen LogP contribution in [0.15, 0.2) is 53.4 Å². The quantitative estimate of drug-likeness (QED) is 0.519. The summed E-state index contributed by atoms with van der Waals surface area (Å²) in [6, 6.07) is 13.9. The number of nitro benzene ring substituents is 1. The van der Waals surface area contributed by atoms with E-state index in [4.69, 9.17) is 4.74 Å². The average molecular weight is 404 g/mol. The van der Waals surface area contributed by atoms with Crippen LogP contribution in [-0.2, 0) is 16.4 Å². The third-order valence-corrected chi connectivity index (χ3v) is 7.15. The first-order valence-corrected chi connectivity index (χ1v) is 10.7. The third-order valence-electron chi connectivity index (χ3n) is 5.23. The Morgan fingerprint density at radius 2 is 1.82 bits per heavy atom. The Hall–Kier alpha value is -2.45. The van der Waals surface area contributed by atoms with Crippen LogP contribution < -0.4 is 4.74 Å². The van der Waals surface area contributed by atoms with Gasteiger partial charge in [0.25, 0.3) is 5.69 Å². The molecule has 0 spiro atoms. The van der Waals surface area contributed by atoms with Crippen LogP contribution in [0, 0.1) is 16.0 Å². The van der Waals surface area contributed by atoms with Crippen molar-refractivity contribution in [2.24, 2.45) is 5.92 Å². The number of hydrogen-bond donors (Lipinski definition) is 0. The zero-order valence-electron chi connectivity index (χ0n) is 15.8. The van der Waals surface area contributed by atoms with Gasteiger partial charge >= 0.3 is 0 Å². The highest BCUT2D eigenvalue weighted by Gasteiger charge is 2.32. The first-order chi connectivity index (χ1) is 13.4. The molecule has 2 aromatic carbocycles. The number of rotatable bonds is 7. The number of aryl methyl sites for hydroxylation is 1. The molecule has 28 heavy (non-hydrogen) atoms. The standard InChI is InChI=1S/C20H24N2O5S/c1-27-19-10-9-18(22(23)24)15-20(19)28(25,26)21-13-11-17(12-14-21)8-7-16-5-3-2-4-6-16/h2-6,9-10,15,17H,7-8,11-14H2,1H3. The van der Waals surface area contributed by atoms with Crippen LogP contribution in [0.4, 0.5) is 5.69 Å². The van der Waals surface area contributed by atoms with Crippen LogP contribution in [0.1, 0.15) is 24.8 Å². The first kappa shape index (κ1) is 20.3. The van der Waals surface area contributed by atoms with E-state index in [0.717, 1.165) is 31.7 Å². The lowest BCUT2D eigenvalue weighted by Gasteiger charge is -2.31. The van der Waals surface area contributed by atoms with Gasteiger partial charge in [0.05, 0.1) is 12.0 Å². The number of benzene rings is 2. The summed E-state index contributed by atoms with van der Waals surface area (Å²) in [5.41, 5.74) is 1.02. The van der Waals surface area contributed by atoms with Gasteiger partial charge in [0.15, 0.2) is 0 Å². The van der Waals surface area contributed by atoms with Gasteiger partial charge < -0.3 is 4.74 Å². The van der Waals surface area contributed by atoms with Gasteiger partial charge in [0.2, 0.25) is 10.0 Å². The zero-order valence-corrected chi connectivity index (χ0v) is 16.6. The molecule has 0 amide bonds. The summed E-state index contributed by atoms with van der Waals surface area (Å²) in [4.78, 5) is 10.3. The van der Waals surface area contributed by atoms with Crippen LogP contribution >= 0.6 is 0 Å². The van der Waals surface area contributed by atoms with E-state index in [9.17, 15) is 18.5 Å². The molecular weight excluding hydrogens is 380 g/mol. The van der Waals surface area contributed by atoms with Gasteiger partial charge in [-0.3, -0.25) is 10.1 Å². The minimum absolute atomic E-state index is 0.122. The summed E-state index contributed by atoms with van der Waals surface area (Å²) in [5.74, 6) is 0.593. The van der Waals surface area contributed by atoms with Gasteiger partial charge in [-0.25, -0.2) is 8.42 Å². The number of hydrogen-bond acceptors (Lipinski definition) is 5. The molecular formula is C20H24N2O5S. The first-order valence-electron chi connectivity index (χ1n) is 9.28. The molecule has 1 saturated heterocycles. The number of sulfonamides is 1. The van der Waals surface area contributed by atoms with Gasteiger partial charge in [0, 0.05) is 25.2 Å². The summed E-state index contributed by atoms with van der Waals surface area (Å²) in [6.45, 7) is 0.821. The second-order valence-corrected chi connectivity index (χ2v) is 8.87. The number of non-ortho nitro benzene ring substituents is 1. The monoisotopic (exact) mass is 404 g/mol. The van der Waals surface area contributed by atoms with Crippen molar-refractivity contribution in [2.45, 2.75) is 30.6 Å². The number of methoxy groups -OCH3 is 1. The van der Waals surface area contributed by atoms with Gasteiger partial charge in [-0.2, -0.15) is 4.31 Å². The molecule has 1 aliphatic heterocycles. The Kier molecular flexibility index (Phi) is 6.31. The Morgan fingerprint density at radius 3 is 2.43 bits per heavy atom. The molecule has 1 fully saturated rings. The van der Waals surface area contributed by atoms with Crippen molar-refractivity contribution in [1.29, 1.82) is 0 Å². The van der Waals surface area contributed by atoms with E-state index >= 15 is 0 Å². The van der Waals surface area contributed by atoms with Crippen LogP contribution in [0.5, 0.6) is 5.75 Å². The zero-order chi connectivity index (χ0) is 20.1. The van der Waals surface area contributed by atoms with E-state index in [-0.39, 0.29) is 16.3 Å². The van der Waals surface area contributed by atoms with Crippen LogP contribution in [-0.4, -0.2) is 37.8 Å². The number of nitrogens with zero attached hydrogens (tertiary/aromatic N) is 2. The minimum atomic E-state index is -3.85. The molecule has 8 heteroatoms. The smallest absolute Gasteiger partial charge is 0.271 e. The molecule has 0 unspecified atom stereocenters. The maximum atomic E-state index is 13.1. The number of ether oxygens (including phenoxy) is 1. The van der Waals surface area contributed by atoms with Crippen molar-refractivity contribution in [3.8, 4) is 5.75 Å². The molecule has 0 atom stereocenters. The van der Waals surface area contributed by atoms with Crippen molar-refractivity contribution < 1.29 is 18.1 Å². The molecule has 0 bridgehead atoms. The Balaban J connectivity index is 1.68. The fourth-order valence-corrected chi connectivity index (χ4v) is 5.22. The van der Waals surface area contributed by atoms with Crippen molar-refractivity contribution in [3.63, 3.8) is 0 Å². The van der Waals surface area contributed by atoms with E-state index in [1.54, 1.807) is 0 Å². The van der Waals surface area contributed by atoms with Crippen molar-refractivity contribution >= 4 is 15.7 Å². The Labute approximate surface area is 165 Å². The molecule has 0 N–H and O–H groups in total. The van der Waals surface area contributed by atoms with Crippen molar-refractivity contribution in [3.05, 3.63) is 64.2 Å². The van der Waals surface area contributed by atoms with Crippen LogP contribution in [0.2, 0.25) is 0 Å². The van der Waals surface area contributed by atoms with Gasteiger partial charge in [-0.15, -0.1) is 0 Å². The number of piperidine rings is 1. The second-order valence-electron chi connectivity index (χ2n) is 6.96. The van der Waals surface area contributed by atoms with Crippen molar-refractivity contribution in [1.82, 2.24) is 4.31 Å². The lowest BCUT2D eigenvalue weighted by Crippen LogP contribution is -2.38. The fraction of sp³-hybridized carbons (Fsp3) is 0.400. The van der Waals surface area contributed by atoms with Gasteiger partial charge in [-0.05, 0) is 43.2 Å². The Morgan fingerprint density at radius 1 is 1.14 bits per heavy atom. The Bertz CT molecular complexity index is 923. The molecule has 0 aromatic heterocycles. The summed E-state index contributed by atoms with van der Waals surface area (Å²) >= 11 is 0. The lowest BCUT2D eigenvalue weighted by molar-refractivity contribution is -0.385. The molecule has 0 saturated carbocycles. The molecule has 2 aromatic rings. The van der Waals surface area contributed by atoms with E-state index in [0.29, 0.717) is 19.0 Å². The van der Waals surface area contributed by atoms with Gasteiger partial charge in [0.1, 0.15) is 10.6 Å². The van der Waals surface area contributed by atoms with E-state index in [1.165, 1.54) is 29.1 Å². The SMILES string of the molecule is COc1ccc([N+](=O)[O-])cc1S(=O)(=O)N1CCC(CCc2ccccc2)CC1. The predicted molar refractivity (Wildman–Crippen MR) is 106 cm³/mol. The van der Waals surface area contributed by atoms with Crippen molar-refractivity contribution in [2.75, 3.05) is 20.2 Å². The molecule has 150 valence electrons. The summed E-state index contributed by atoms with van der Waals surface area (Å²) in [7, 11) is -2.49. The summed E-state index contributed by atoms with van der Waals surface area (Å²) in [5, 5.41) is 11.0. The summed E-state index contributed by atoms with van der Waals surface area (Å²) in [6.07, 6.45) is 3.57. The number of nitro groups is 1. The molecule has 1 heterocycles. The summed E-state index contributed by atoms with van der Waals surface area (Å²) < 4.78 is 32.7. The minimum Gasteiger partial charge on any atom is -0.495 e. The molecule has 7 nitrogen and oxygen atoms in total. The predicted octanol–water partition coefficient (Wildman–Crippen LogP) is 3.64. The fourth-order valence-electron chi connectivity index (χ4n) is 3.57. The molecule has 1 aliphatic rings. The molecule has 0 aliphatic carbocycles. The topological polar surface area (TPSA) is 89.7 Å². The molecule has 3 rings (SSSR count). The normalized spacial score (nSPS) is 16.0. The second kappa shape index (κ2) is 8.70. The third kappa shape index (κ3) is 4.51. The van der Waals surface area contributed by atoms with E-state index < -0.39 is 14.9 Å². The highest BCUT2D eigenvalue weighted by atomic mass is 32.2.